The zero-order valence-electron chi connectivity index (χ0n) is 17.1. The molecule has 1 N–H and O–H groups in total. The smallest absolute Gasteiger partial charge is 0.416 e. The van der Waals surface area contributed by atoms with E-state index in [9.17, 15) is 22.8 Å². The van der Waals surface area contributed by atoms with E-state index in [4.69, 9.17) is 32.4 Å². The lowest BCUT2D eigenvalue weighted by atomic mass is 10.1. The predicted molar refractivity (Wildman–Crippen MR) is 124 cm³/mol. The van der Waals surface area contributed by atoms with Crippen LogP contribution in [0.4, 0.5) is 18.9 Å². The van der Waals surface area contributed by atoms with Gasteiger partial charge >= 0.3 is 6.18 Å². The monoisotopic (exact) mass is 507 g/mol. The summed E-state index contributed by atoms with van der Waals surface area (Å²) in [5.41, 5.74) is -0.839. The molecule has 0 aliphatic carbocycles. The standard InChI is InChI=1S/C24H14Cl2F3NO4/c25-15-6-4-13(5-7-15)22-23(21(32)18-11-16(26)8-9-19(18)34-22)33-12-20(31)30-17-3-1-2-14(10-17)24(27,28)29/h1-11H,12H2,(H,30,31). The van der Waals surface area contributed by atoms with Gasteiger partial charge in [-0.3, -0.25) is 9.59 Å². The van der Waals surface area contributed by atoms with E-state index in [1.165, 1.54) is 24.3 Å². The summed E-state index contributed by atoms with van der Waals surface area (Å²) in [6, 6.07) is 15.0. The van der Waals surface area contributed by atoms with E-state index in [1.807, 2.05) is 0 Å². The normalized spacial score (nSPS) is 11.4. The first-order valence-electron chi connectivity index (χ1n) is 9.74. The van der Waals surface area contributed by atoms with Crippen LogP contribution in [0.5, 0.6) is 5.75 Å². The third kappa shape index (κ3) is 5.18. The highest BCUT2D eigenvalue weighted by Gasteiger charge is 2.30. The molecular formula is C24H14Cl2F3NO4. The van der Waals surface area contributed by atoms with Gasteiger partial charge in [-0.1, -0.05) is 29.3 Å². The van der Waals surface area contributed by atoms with Crippen LogP contribution in [0, 0.1) is 0 Å². The van der Waals surface area contributed by atoms with Gasteiger partial charge in [-0.05, 0) is 60.7 Å². The lowest BCUT2D eigenvalue weighted by molar-refractivity contribution is -0.137. The SMILES string of the molecule is O=C(COc1c(-c2ccc(Cl)cc2)oc2ccc(Cl)cc2c1=O)Nc1cccc(C(F)(F)F)c1. The Kier molecular flexibility index (Phi) is 6.54. The first-order valence-corrected chi connectivity index (χ1v) is 10.5. The zero-order valence-corrected chi connectivity index (χ0v) is 18.6. The molecule has 0 saturated carbocycles. The molecular weight excluding hydrogens is 494 g/mol. The van der Waals surface area contributed by atoms with Crippen molar-refractivity contribution < 1.29 is 27.1 Å². The number of nitrogens with one attached hydrogen (secondary N) is 1. The number of alkyl halides is 3. The molecule has 0 radical (unpaired) electrons. The molecule has 4 rings (SSSR count). The molecule has 34 heavy (non-hydrogen) atoms. The summed E-state index contributed by atoms with van der Waals surface area (Å²) in [4.78, 5) is 25.5. The van der Waals surface area contributed by atoms with E-state index >= 15 is 0 Å². The lowest BCUT2D eigenvalue weighted by Gasteiger charge is -2.13. The fourth-order valence-corrected chi connectivity index (χ4v) is 3.48. The number of hydrogen-bond donors (Lipinski definition) is 1. The maximum Gasteiger partial charge on any atom is 0.416 e. The van der Waals surface area contributed by atoms with E-state index in [1.54, 1.807) is 30.3 Å². The number of benzene rings is 3. The first kappa shape index (κ1) is 23.7. The van der Waals surface area contributed by atoms with E-state index in [2.05, 4.69) is 5.32 Å². The van der Waals surface area contributed by atoms with Crippen LogP contribution in [-0.4, -0.2) is 12.5 Å². The average Bonchev–Trinajstić information content (AvgIpc) is 2.79. The fraction of sp³-hybridized carbons (Fsp3) is 0.0833. The van der Waals surface area contributed by atoms with Gasteiger partial charge in [-0.15, -0.1) is 0 Å². The average molecular weight is 508 g/mol. The zero-order chi connectivity index (χ0) is 24.5. The summed E-state index contributed by atoms with van der Waals surface area (Å²) in [6.07, 6.45) is -4.56. The van der Waals surface area contributed by atoms with Crippen LogP contribution in [0.1, 0.15) is 5.56 Å². The molecule has 0 aliphatic heterocycles. The van der Waals surface area contributed by atoms with Gasteiger partial charge in [0.1, 0.15) is 5.58 Å². The number of anilines is 1. The van der Waals surface area contributed by atoms with Crippen molar-refractivity contribution in [1.29, 1.82) is 0 Å². The molecule has 0 unspecified atom stereocenters. The minimum atomic E-state index is -4.56. The minimum absolute atomic E-state index is 0.0587. The second-order valence-electron chi connectivity index (χ2n) is 7.15. The molecule has 0 bridgehead atoms. The van der Waals surface area contributed by atoms with Crippen molar-refractivity contribution in [3.63, 3.8) is 0 Å². The van der Waals surface area contributed by atoms with Gasteiger partial charge < -0.3 is 14.5 Å². The van der Waals surface area contributed by atoms with Crippen molar-refractivity contribution in [1.82, 2.24) is 0 Å². The van der Waals surface area contributed by atoms with Gasteiger partial charge in [0.05, 0.1) is 10.9 Å². The number of amides is 1. The van der Waals surface area contributed by atoms with E-state index in [0.29, 0.717) is 15.6 Å². The number of halogens is 5. The van der Waals surface area contributed by atoms with Gasteiger partial charge in [-0.25, -0.2) is 0 Å². The topological polar surface area (TPSA) is 68.5 Å². The van der Waals surface area contributed by atoms with Crippen molar-refractivity contribution >= 4 is 45.8 Å². The molecule has 0 spiro atoms. The third-order valence-electron chi connectivity index (χ3n) is 4.74. The van der Waals surface area contributed by atoms with E-state index in [0.717, 1.165) is 12.1 Å². The van der Waals surface area contributed by atoms with Gasteiger partial charge in [0, 0.05) is 21.3 Å². The van der Waals surface area contributed by atoms with Crippen molar-refractivity contribution in [3.05, 3.63) is 92.6 Å². The highest BCUT2D eigenvalue weighted by atomic mass is 35.5. The maximum atomic E-state index is 13.1. The Balaban J connectivity index is 1.65. The molecule has 4 aromatic rings. The Hall–Kier alpha value is -3.49. The van der Waals surface area contributed by atoms with Crippen molar-refractivity contribution in [2.24, 2.45) is 0 Å². The van der Waals surface area contributed by atoms with Crippen LogP contribution < -0.4 is 15.5 Å². The minimum Gasteiger partial charge on any atom is -0.476 e. The van der Waals surface area contributed by atoms with E-state index in [-0.39, 0.29) is 28.2 Å². The van der Waals surface area contributed by atoms with Crippen LogP contribution >= 0.6 is 23.2 Å². The molecule has 1 heterocycles. The summed E-state index contributed by atoms with van der Waals surface area (Å²) < 4.78 is 50.1. The summed E-state index contributed by atoms with van der Waals surface area (Å²) in [5, 5.41) is 3.22. The number of rotatable bonds is 5. The largest absolute Gasteiger partial charge is 0.476 e. The molecule has 3 aromatic carbocycles. The summed E-state index contributed by atoms with van der Waals surface area (Å²) in [5.74, 6) is -0.966. The van der Waals surface area contributed by atoms with Gasteiger partial charge in [-0.2, -0.15) is 13.2 Å². The molecule has 5 nitrogen and oxygen atoms in total. The maximum absolute atomic E-state index is 13.1. The number of hydrogen-bond acceptors (Lipinski definition) is 4. The highest BCUT2D eigenvalue weighted by Crippen LogP contribution is 2.33. The lowest BCUT2D eigenvalue weighted by Crippen LogP contribution is -2.23. The first-order chi connectivity index (χ1) is 16.1. The Morgan fingerprint density at radius 1 is 0.971 bits per heavy atom. The number of carbonyl (C=O) groups is 1. The van der Waals surface area contributed by atoms with Crippen LogP contribution in [0.3, 0.4) is 0 Å². The summed E-state index contributed by atoms with van der Waals surface area (Å²) >= 11 is 11.9. The quantitative estimate of drug-likeness (QED) is 0.322. The third-order valence-corrected chi connectivity index (χ3v) is 5.23. The highest BCUT2D eigenvalue weighted by molar-refractivity contribution is 6.31. The molecule has 1 amide bonds. The number of ether oxygens (including phenoxy) is 1. The summed E-state index contributed by atoms with van der Waals surface area (Å²) in [6.45, 7) is -0.659. The van der Waals surface area contributed by atoms with Crippen molar-refractivity contribution in [2.45, 2.75) is 6.18 Å². The van der Waals surface area contributed by atoms with Crippen LogP contribution in [0.2, 0.25) is 10.0 Å². The molecule has 174 valence electrons. The van der Waals surface area contributed by atoms with Crippen LogP contribution in [0.15, 0.2) is 75.9 Å². The summed E-state index contributed by atoms with van der Waals surface area (Å²) in [7, 11) is 0. The molecule has 0 atom stereocenters. The Morgan fingerprint density at radius 2 is 1.68 bits per heavy atom. The van der Waals surface area contributed by atoms with Crippen LogP contribution in [-0.2, 0) is 11.0 Å². The van der Waals surface area contributed by atoms with Crippen molar-refractivity contribution in [2.75, 3.05) is 11.9 Å². The Bertz CT molecular complexity index is 1430. The van der Waals surface area contributed by atoms with Crippen LogP contribution in [0.25, 0.3) is 22.3 Å². The second kappa shape index (κ2) is 9.40. The molecule has 1 aromatic heterocycles. The Labute approximate surface area is 200 Å². The fourth-order valence-electron chi connectivity index (χ4n) is 3.18. The van der Waals surface area contributed by atoms with E-state index < -0.39 is 29.7 Å². The number of carbonyl (C=O) groups excluding carboxylic acids is 1. The predicted octanol–water partition coefficient (Wildman–Crippen LogP) is 6.80. The van der Waals surface area contributed by atoms with Crippen molar-refractivity contribution in [3.8, 4) is 17.1 Å². The number of fused-ring (bicyclic) bond motifs is 1. The molecule has 0 aliphatic rings. The van der Waals surface area contributed by atoms with Gasteiger partial charge in [0.2, 0.25) is 11.2 Å². The van der Waals surface area contributed by atoms with Gasteiger partial charge in [0.15, 0.2) is 12.4 Å². The molecule has 0 saturated heterocycles. The Morgan fingerprint density at radius 3 is 2.38 bits per heavy atom. The second-order valence-corrected chi connectivity index (χ2v) is 8.03. The molecule has 0 fully saturated rings. The molecule has 10 heteroatoms. The van der Waals surface area contributed by atoms with Gasteiger partial charge in [0.25, 0.3) is 5.91 Å².